The Morgan fingerprint density at radius 1 is 1.14 bits per heavy atom. The first kappa shape index (κ1) is 13.8. The summed E-state index contributed by atoms with van der Waals surface area (Å²) < 4.78 is 15.1. The van der Waals surface area contributed by atoms with Gasteiger partial charge in [-0.25, -0.2) is 9.37 Å². The molecular weight excluding hydrogens is 287 g/mol. The van der Waals surface area contributed by atoms with Crippen molar-refractivity contribution < 1.29 is 4.39 Å². The van der Waals surface area contributed by atoms with Crippen LogP contribution in [0.1, 0.15) is 5.82 Å². The van der Waals surface area contributed by atoms with E-state index in [1.807, 2.05) is 18.2 Å². The van der Waals surface area contributed by atoms with E-state index in [0.717, 1.165) is 0 Å². The van der Waals surface area contributed by atoms with Crippen molar-refractivity contribution in [1.82, 2.24) is 9.55 Å². The smallest absolute Gasteiger partial charge is 0.261 e. The second kappa shape index (κ2) is 5.69. The molecule has 0 radical (unpaired) electrons. The lowest BCUT2D eigenvalue weighted by Gasteiger charge is -2.09. The van der Waals surface area contributed by atoms with Crippen LogP contribution in [-0.4, -0.2) is 9.55 Å². The van der Waals surface area contributed by atoms with Gasteiger partial charge in [0.2, 0.25) is 0 Å². The molecule has 1 aromatic heterocycles. The van der Waals surface area contributed by atoms with Gasteiger partial charge in [0.15, 0.2) is 0 Å². The third kappa shape index (κ3) is 2.69. The summed E-state index contributed by atoms with van der Waals surface area (Å²) >= 11 is 1.33. The fourth-order valence-corrected chi connectivity index (χ4v) is 3.02. The minimum absolute atomic E-state index is 0.0790. The highest BCUT2D eigenvalue weighted by Crippen LogP contribution is 2.24. The number of thioether (sulfide) groups is 1. The summed E-state index contributed by atoms with van der Waals surface area (Å²) in [4.78, 5) is 17.3. The van der Waals surface area contributed by atoms with E-state index in [4.69, 9.17) is 0 Å². The van der Waals surface area contributed by atoms with Gasteiger partial charge in [0.1, 0.15) is 11.6 Å². The van der Waals surface area contributed by atoms with Crippen molar-refractivity contribution in [2.45, 2.75) is 10.6 Å². The summed E-state index contributed by atoms with van der Waals surface area (Å²) in [5, 5.41) is 0.597. The largest absolute Gasteiger partial charge is 0.299 e. The zero-order chi connectivity index (χ0) is 14.8. The molecule has 0 aliphatic heterocycles. The number of para-hydroxylation sites is 1. The highest BCUT2D eigenvalue weighted by Gasteiger charge is 2.09. The Labute approximate surface area is 125 Å². The maximum absolute atomic E-state index is 13.6. The number of nitrogens with zero attached hydrogens (tertiary/aromatic N) is 2. The van der Waals surface area contributed by atoms with Gasteiger partial charge in [-0.2, -0.15) is 0 Å². The van der Waals surface area contributed by atoms with Crippen molar-refractivity contribution in [2.75, 3.05) is 0 Å². The van der Waals surface area contributed by atoms with Crippen molar-refractivity contribution in [1.29, 1.82) is 0 Å². The van der Waals surface area contributed by atoms with Crippen LogP contribution in [0.4, 0.5) is 4.39 Å². The Morgan fingerprint density at radius 3 is 2.67 bits per heavy atom. The molecule has 0 spiro atoms. The van der Waals surface area contributed by atoms with Crippen LogP contribution in [0.15, 0.2) is 58.2 Å². The Morgan fingerprint density at radius 2 is 1.86 bits per heavy atom. The van der Waals surface area contributed by atoms with E-state index < -0.39 is 0 Å². The summed E-state index contributed by atoms with van der Waals surface area (Å²) in [6, 6.07) is 13.8. The van der Waals surface area contributed by atoms with E-state index >= 15 is 0 Å². The van der Waals surface area contributed by atoms with Crippen molar-refractivity contribution in [3.63, 3.8) is 0 Å². The summed E-state index contributed by atoms with van der Waals surface area (Å²) in [7, 11) is 1.69. The molecular formula is C16H13FN2OS. The summed E-state index contributed by atoms with van der Waals surface area (Å²) in [6.07, 6.45) is 0. The Kier molecular flexibility index (Phi) is 3.75. The fraction of sp³-hybridized carbons (Fsp3) is 0.125. The molecule has 0 atom stereocenters. The average molecular weight is 300 g/mol. The monoisotopic (exact) mass is 300 g/mol. The molecule has 0 saturated heterocycles. The van der Waals surface area contributed by atoms with E-state index in [-0.39, 0.29) is 11.4 Å². The predicted molar refractivity (Wildman–Crippen MR) is 82.9 cm³/mol. The molecule has 0 saturated carbocycles. The molecule has 106 valence electrons. The van der Waals surface area contributed by atoms with E-state index in [1.165, 1.54) is 22.4 Å². The second-order valence-electron chi connectivity index (χ2n) is 4.63. The topological polar surface area (TPSA) is 34.9 Å². The van der Waals surface area contributed by atoms with Crippen LogP contribution in [0.25, 0.3) is 10.9 Å². The molecule has 0 aliphatic carbocycles. The zero-order valence-electron chi connectivity index (χ0n) is 11.4. The minimum atomic E-state index is -0.256. The van der Waals surface area contributed by atoms with Crippen LogP contribution in [0.5, 0.6) is 0 Å². The summed E-state index contributed by atoms with van der Waals surface area (Å²) in [5.74, 6) is 0.817. The van der Waals surface area contributed by atoms with E-state index in [2.05, 4.69) is 4.98 Å². The van der Waals surface area contributed by atoms with Crippen LogP contribution in [-0.2, 0) is 12.8 Å². The predicted octanol–water partition coefficient (Wildman–Crippen LogP) is 3.36. The molecule has 5 heteroatoms. The maximum Gasteiger partial charge on any atom is 0.261 e. The van der Waals surface area contributed by atoms with Crippen LogP contribution < -0.4 is 5.56 Å². The first-order valence-corrected chi connectivity index (χ1v) is 7.47. The van der Waals surface area contributed by atoms with Crippen molar-refractivity contribution in [3.8, 4) is 0 Å². The van der Waals surface area contributed by atoms with Gasteiger partial charge in [-0.1, -0.05) is 24.3 Å². The second-order valence-corrected chi connectivity index (χ2v) is 5.65. The first-order chi connectivity index (χ1) is 10.2. The van der Waals surface area contributed by atoms with Crippen molar-refractivity contribution in [2.24, 2.45) is 7.05 Å². The molecule has 21 heavy (non-hydrogen) atoms. The zero-order valence-corrected chi connectivity index (χ0v) is 12.2. The number of halogens is 1. The van der Waals surface area contributed by atoms with Crippen LogP contribution in [0.3, 0.4) is 0 Å². The lowest BCUT2D eigenvalue weighted by Crippen LogP contribution is -2.21. The number of aromatic nitrogens is 2. The quantitative estimate of drug-likeness (QED) is 0.696. The van der Waals surface area contributed by atoms with Gasteiger partial charge in [-0.15, -0.1) is 11.8 Å². The van der Waals surface area contributed by atoms with E-state index in [9.17, 15) is 9.18 Å². The number of fused-ring (bicyclic) bond motifs is 1. The molecule has 0 fully saturated rings. The Hall–Kier alpha value is -2.14. The Bertz CT molecular complexity index is 860. The van der Waals surface area contributed by atoms with Gasteiger partial charge in [-0.3, -0.25) is 9.36 Å². The third-order valence-electron chi connectivity index (χ3n) is 3.27. The van der Waals surface area contributed by atoms with Gasteiger partial charge >= 0.3 is 0 Å². The lowest BCUT2D eigenvalue weighted by atomic mass is 10.2. The molecule has 0 N–H and O–H groups in total. The first-order valence-electron chi connectivity index (χ1n) is 6.49. The van der Waals surface area contributed by atoms with E-state index in [1.54, 1.807) is 31.3 Å². The summed E-state index contributed by atoms with van der Waals surface area (Å²) in [6.45, 7) is 0. The van der Waals surface area contributed by atoms with E-state index in [0.29, 0.717) is 27.4 Å². The number of rotatable bonds is 3. The minimum Gasteiger partial charge on any atom is -0.299 e. The molecule has 0 unspecified atom stereocenters. The molecule has 0 bridgehead atoms. The van der Waals surface area contributed by atoms with Crippen molar-refractivity contribution in [3.05, 3.63) is 70.5 Å². The molecule has 2 aromatic carbocycles. The number of hydrogen-bond donors (Lipinski definition) is 0. The number of hydrogen-bond acceptors (Lipinski definition) is 3. The van der Waals surface area contributed by atoms with Crippen LogP contribution in [0.2, 0.25) is 0 Å². The fourth-order valence-electron chi connectivity index (χ4n) is 2.10. The molecule has 3 rings (SSSR count). The van der Waals surface area contributed by atoms with Gasteiger partial charge in [0.25, 0.3) is 5.56 Å². The molecule has 3 nitrogen and oxygen atoms in total. The maximum atomic E-state index is 13.6. The average Bonchev–Trinajstić information content (AvgIpc) is 2.51. The molecule has 0 aliphatic rings. The van der Waals surface area contributed by atoms with Gasteiger partial charge < -0.3 is 0 Å². The molecule has 0 amide bonds. The standard InChI is InChI=1S/C16H13FN2OS/c1-19-15(10-21-14-9-5-3-7-12(14)17)18-13-8-4-2-6-11(13)16(19)20/h2-9H,10H2,1H3. The van der Waals surface area contributed by atoms with Crippen LogP contribution >= 0.6 is 11.8 Å². The highest BCUT2D eigenvalue weighted by molar-refractivity contribution is 7.98. The highest BCUT2D eigenvalue weighted by atomic mass is 32.2. The van der Waals surface area contributed by atoms with Crippen molar-refractivity contribution >= 4 is 22.7 Å². The van der Waals surface area contributed by atoms with Gasteiger partial charge in [0, 0.05) is 11.9 Å². The number of benzene rings is 2. The third-order valence-corrected chi connectivity index (χ3v) is 4.31. The summed E-state index contributed by atoms with van der Waals surface area (Å²) in [5.41, 5.74) is 0.592. The molecule has 1 heterocycles. The molecule has 3 aromatic rings. The Balaban J connectivity index is 1.96. The van der Waals surface area contributed by atoms with Gasteiger partial charge in [-0.05, 0) is 24.3 Å². The van der Waals surface area contributed by atoms with Gasteiger partial charge in [0.05, 0.1) is 16.7 Å². The SMILES string of the molecule is Cn1c(CSc2ccccc2F)nc2ccccc2c1=O. The van der Waals surface area contributed by atoms with Crippen LogP contribution in [0, 0.1) is 5.82 Å². The normalized spacial score (nSPS) is 11.0. The lowest BCUT2D eigenvalue weighted by molar-refractivity contribution is 0.602.